The molecular weight excluding hydrogens is 464 g/mol. The zero-order chi connectivity index (χ0) is 27.2. The van der Waals surface area contributed by atoms with Crippen LogP contribution in [0, 0.1) is 0 Å². The predicted octanol–water partition coefficient (Wildman–Crippen LogP) is 8.55. The van der Waals surface area contributed by atoms with Crippen LogP contribution in [0.2, 0.25) is 0 Å². The first kappa shape index (κ1) is 35.1. The highest BCUT2D eigenvalue weighted by molar-refractivity contribution is 5.70. The van der Waals surface area contributed by atoms with Gasteiger partial charge in [0.25, 0.3) is 0 Å². The lowest BCUT2D eigenvalue weighted by Crippen LogP contribution is -2.28. The molecule has 0 aliphatic carbocycles. The third kappa shape index (κ3) is 27.0. The summed E-state index contributed by atoms with van der Waals surface area (Å²) in [7, 11) is 0. The number of unbranched alkanes of at least 4 members (excludes halogenated alkanes) is 12. The van der Waals surface area contributed by atoms with E-state index in [4.69, 9.17) is 9.47 Å². The number of ether oxygens (including phenoxy) is 2. The second kappa shape index (κ2) is 28.7. The maximum absolute atomic E-state index is 12.0. The van der Waals surface area contributed by atoms with Gasteiger partial charge in [0.2, 0.25) is 0 Å². The number of esters is 2. The molecule has 1 N–H and O–H groups in total. The summed E-state index contributed by atoms with van der Waals surface area (Å²) < 4.78 is 10.5. The summed E-state index contributed by atoms with van der Waals surface area (Å²) in [6.07, 6.45) is 31.9. The monoisotopic (exact) mass is 520 g/mol. The molecule has 0 rings (SSSR count). The number of allylic oxidation sites excluding steroid dienone is 6. The van der Waals surface area contributed by atoms with Crippen LogP contribution >= 0.6 is 0 Å². The number of hydrogen-bond acceptors (Lipinski definition) is 5. The second-order valence-electron chi connectivity index (χ2n) is 9.82. The molecule has 0 aliphatic heterocycles. The molecule has 37 heavy (non-hydrogen) atoms. The van der Waals surface area contributed by atoms with Crippen molar-refractivity contribution in [2.24, 2.45) is 0 Å². The lowest BCUT2D eigenvalue weighted by atomic mass is 10.1. The maximum atomic E-state index is 12.0. The molecule has 0 aromatic rings. The number of carbonyl (C=O) groups is 2. The highest BCUT2D eigenvalue weighted by Gasteiger charge is 2.16. The molecule has 0 spiro atoms. The molecule has 0 radical (unpaired) electrons. The molecule has 0 saturated carbocycles. The Kier molecular flexibility index (Phi) is 27.2. The van der Waals surface area contributed by atoms with Crippen molar-refractivity contribution in [1.82, 2.24) is 0 Å². The van der Waals surface area contributed by atoms with Crippen LogP contribution in [-0.4, -0.2) is 36.4 Å². The molecular formula is C32H56O5. The van der Waals surface area contributed by atoms with Gasteiger partial charge in [-0.1, -0.05) is 102 Å². The minimum Gasteiger partial charge on any atom is -0.462 e. The Labute approximate surface area is 227 Å². The van der Waals surface area contributed by atoms with Gasteiger partial charge in [-0.15, -0.1) is 0 Å². The van der Waals surface area contributed by atoms with Crippen molar-refractivity contribution in [1.29, 1.82) is 0 Å². The van der Waals surface area contributed by atoms with E-state index in [0.717, 1.165) is 77.0 Å². The first-order valence-electron chi connectivity index (χ1n) is 15.0. The summed E-state index contributed by atoms with van der Waals surface area (Å²) in [5.41, 5.74) is 0. The third-order valence-corrected chi connectivity index (χ3v) is 6.12. The number of aliphatic hydroxyl groups excluding tert-OH is 1. The standard InChI is InChI=1S/C32H56O5/c1-3-5-7-9-11-13-15-16-17-19-21-23-25-27-32(35)37-30(28-33)29-36-31(34)26-24-22-20-18-14-12-10-8-6-4-2/h7-10,13,15,30,33H,3-6,11-12,14,16-29H2,1-2H3/b9-7-,10-8-,15-13-. The SMILES string of the molecule is CCC/C=C\C/C=C\CCCCCCCC(=O)OC(CO)COC(=O)CCCCCCC/C=C\CCC. The Bertz CT molecular complexity index is 608. The van der Waals surface area contributed by atoms with Crippen molar-refractivity contribution in [3.05, 3.63) is 36.5 Å². The molecule has 214 valence electrons. The molecule has 0 bridgehead atoms. The second-order valence-corrected chi connectivity index (χ2v) is 9.82. The number of aliphatic hydroxyl groups is 1. The van der Waals surface area contributed by atoms with Crippen LogP contribution in [0.3, 0.4) is 0 Å². The Morgan fingerprint density at radius 1 is 0.622 bits per heavy atom. The van der Waals surface area contributed by atoms with Crippen molar-refractivity contribution in [2.45, 2.75) is 142 Å². The van der Waals surface area contributed by atoms with E-state index in [1.165, 1.54) is 32.1 Å². The molecule has 0 aliphatic rings. The van der Waals surface area contributed by atoms with Gasteiger partial charge in [-0.25, -0.2) is 0 Å². The average molecular weight is 521 g/mol. The summed E-state index contributed by atoms with van der Waals surface area (Å²) in [6, 6.07) is 0. The molecule has 0 fully saturated rings. The van der Waals surface area contributed by atoms with E-state index in [-0.39, 0.29) is 25.2 Å². The molecule has 0 aromatic heterocycles. The van der Waals surface area contributed by atoms with Crippen LogP contribution in [0.15, 0.2) is 36.5 Å². The van der Waals surface area contributed by atoms with Gasteiger partial charge >= 0.3 is 11.9 Å². The van der Waals surface area contributed by atoms with Gasteiger partial charge in [0, 0.05) is 12.8 Å². The lowest BCUT2D eigenvalue weighted by molar-refractivity contribution is -0.161. The van der Waals surface area contributed by atoms with Crippen molar-refractivity contribution < 1.29 is 24.2 Å². The van der Waals surface area contributed by atoms with Gasteiger partial charge in [-0.2, -0.15) is 0 Å². The smallest absolute Gasteiger partial charge is 0.306 e. The minimum absolute atomic E-state index is 0.0763. The summed E-state index contributed by atoms with van der Waals surface area (Å²) in [5.74, 6) is -0.626. The van der Waals surface area contributed by atoms with E-state index in [1.807, 2.05) is 0 Å². The fraction of sp³-hybridized carbons (Fsp3) is 0.750. The van der Waals surface area contributed by atoms with E-state index in [1.54, 1.807) is 0 Å². The summed E-state index contributed by atoms with van der Waals surface area (Å²) in [4.78, 5) is 24.0. The summed E-state index contributed by atoms with van der Waals surface area (Å²) >= 11 is 0. The van der Waals surface area contributed by atoms with Crippen LogP contribution in [-0.2, 0) is 19.1 Å². The third-order valence-electron chi connectivity index (χ3n) is 6.12. The van der Waals surface area contributed by atoms with E-state index in [0.29, 0.717) is 12.8 Å². The maximum Gasteiger partial charge on any atom is 0.306 e. The molecule has 0 heterocycles. The highest BCUT2D eigenvalue weighted by Crippen LogP contribution is 2.11. The Balaban J connectivity index is 3.65. The largest absolute Gasteiger partial charge is 0.462 e. The first-order valence-corrected chi connectivity index (χ1v) is 15.0. The fourth-order valence-electron chi connectivity index (χ4n) is 3.83. The van der Waals surface area contributed by atoms with Gasteiger partial charge in [0.15, 0.2) is 6.10 Å². The highest BCUT2D eigenvalue weighted by atomic mass is 16.6. The van der Waals surface area contributed by atoms with Crippen LogP contribution in [0.1, 0.15) is 136 Å². The molecule has 0 amide bonds. The molecule has 5 nitrogen and oxygen atoms in total. The normalized spacial score (nSPS) is 12.6. The average Bonchev–Trinajstić information content (AvgIpc) is 2.90. The van der Waals surface area contributed by atoms with Gasteiger partial charge in [0.05, 0.1) is 6.61 Å². The molecule has 1 unspecified atom stereocenters. The zero-order valence-corrected chi connectivity index (χ0v) is 24.0. The molecule has 1 atom stereocenters. The van der Waals surface area contributed by atoms with Gasteiger partial charge < -0.3 is 14.6 Å². The van der Waals surface area contributed by atoms with E-state index in [9.17, 15) is 14.7 Å². The molecule has 0 aromatic carbocycles. The van der Waals surface area contributed by atoms with Crippen molar-refractivity contribution in [3.8, 4) is 0 Å². The Morgan fingerprint density at radius 2 is 1.08 bits per heavy atom. The zero-order valence-electron chi connectivity index (χ0n) is 24.0. The quantitative estimate of drug-likeness (QED) is 0.0702. The van der Waals surface area contributed by atoms with Gasteiger partial charge in [0.1, 0.15) is 6.61 Å². The number of rotatable bonds is 26. The topological polar surface area (TPSA) is 72.8 Å². The van der Waals surface area contributed by atoms with Crippen LogP contribution in [0.4, 0.5) is 0 Å². The van der Waals surface area contributed by atoms with E-state index >= 15 is 0 Å². The van der Waals surface area contributed by atoms with Gasteiger partial charge in [-0.05, 0) is 57.8 Å². The van der Waals surface area contributed by atoms with Crippen LogP contribution in [0.5, 0.6) is 0 Å². The minimum atomic E-state index is -0.777. The van der Waals surface area contributed by atoms with Crippen molar-refractivity contribution in [2.75, 3.05) is 13.2 Å². The Hall–Kier alpha value is -1.88. The Morgan fingerprint density at radius 3 is 1.65 bits per heavy atom. The van der Waals surface area contributed by atoms with Crippen LogP contribution < -0.4 is 0 Å². The van der Waals surface area contributed by atoms with Gasteiger partial charge in [-0.3, -0.25) is 9.59 Å². The summed E-state index contributed by atoms with van der Waals surface area (Å²) in [6.45, 7) is 3.96. The summed E-state index contributed by atoms with van der Waals surface area (Å²) in [5, 5.41) is 9.45. The van der Waals surface area contributed by atoms with Crippen molar-refractivity contribution >= 4 is 11.9 Å². The van der Waals surface area contributed by atoms with Crippen molar-refractivity contribution in [3.63, 3.8) is 0 Å². The first-order chi connectivity index (χ1) is 18.1. The van der Waals surface area contributed by atoms with E-state index in [2.05, 4.69) is 50.3 Å². The lowest BCUT2D eigenvalue weighted by Gasteiger charge is -2.15. The number of carbonyl (C=O) groups excluding carboxylic acids is 2. The fourth-order valence-corrected chi connectivity index (χ4v) is 3.83. The molecule has 5 heteroatoms. The molecule has 0 saturated heterocycles. The predicted molar refractivity (Wildman–Crippen MR) is 154 cm³/mol. The van der Waals surface area contributed by atoms with E-state index < -0.39 is 6.10 Å². The van der Waals surface area contributed by atoms with Crippen LogP contribution in [0.25, 0.3) is 0 Å². The number of hydrogen-bond donors (Lipinski definition) is 1.